The number of hydrogen-bond donors (Lipinski definition) is 1. The number of hydrogen-bond acceptors (Lipinski definition) is 2. The van der Waals surface area contributed by atoms with Crippen molar-refractivity contribution in [3.05, 3.63) is 12.7 Å². The molecule has 0 aromatic heterocycles. The van der Waals surface area contributed by atoms with Crippen molar-refractivity contribution >= 4 is 5.96 Å². The maximum atomic E-state index is 5.87. The molecule has 3 unspecified atom stereocenters. The highest BCUT2D eigenvalue weighted by atomic mass is 16.5. The molecule has 4 heteroatoms. The maximum absolute atomic E-state index is 5.87. The number of allylic oxidation sites excluding steroid dienone is 1. The van der Waals surface area contributed by atoms with Crippen LogP contribution in [-0.4, -0.2) is 50.3 Å². The molecule has 2 aliphatic rings. The molecule has 0 spiro atoms. The number of nitrogens with one attached hydrogen (secondary N) is 1. The van der Waals surface area contributed by atoms with E-state index >= 15 is 0 Å². The molecule has 126 valence electrons. The minimum atomic E-state index is 0.196. The van der Waals surface area contributed by atoms with Crippen molar-refractivity contribution in [3.63, 3.8) is 0 Å². The molecule has 0 radical (unpaired) electrons. The van der Waals surface area contributed by atoms with Gasteiger partial charge in [0.15, 0.2) is 5.96 Å². The summed E-state index contributed by atoms with van der Waals surface area (Å²) in [5.74, 6) is 1.67. The van der Waals surface area contributed by atoms with Crippen LogP contribution in [0, 0.1) is 11.3 Å². The molecule has 2 rings (SSSR count). The highest BCUT2D eigenvalue weighted by Gasteiger charge is 2.59. The summed E-state index contributed by atoms with van der Waals surface area (Å²) in [5.41, 5.74) is 0.196. The lowest BCUT2D eigenvalue weighted by atomic mass is 9.57. The van der Waals surface area contributed by atoms with E-state index in [-0.39, 0.29) is 5.41 Å². The van der Waals surface area contributed by atoms with Gasteiger partial charge in [0.2, 0.25) is 0 Å². The number of guanidine groups is 1. The van der Waals surface area contributed by atoms with Crippen molar-refractivity contribution in [1.82, 2.24) is 10.2 Å². The Bertz CT molecular complexity index is 405. The van der Waals surface area contributed by atoms with Crippen LogP contribution in [0.15, 0.2) is 17.6 Å². The van der Waals surface area contributed by atoms with Gasteiger partial charge in [0.05, 0.1) is 6.10 Å². The molecule has 22 heavy (non-hydrogen) atoms. The molecule has 2 fully saturated rings. The molecular formula is C18H33N3O. The molecular weight excluding hydrogens is 274 g/mol. The monoisotopic (exact) mass is 307 g/mol. The van der Waals surface area contributed by atoms with Crippen molar-refractivity contribution in [2.75, 3.05) is 27.2 Å². The second-order valence-corrected chi connectivity index (χ2v) is 7.29. The van der Waals surface area contributed by atoms with E-state index in [1.165, 1.54) is 25.7 Å². The second-order valence-electron chi connectivity index (χ2n) is 7.29. The third kappa shape index (κ3) is 3.48. The summed E-state index contributed by atoms with van der Waals surface area (Å²) in [6, 6.07) is 0.474. The topological polar surface area (TPSA) is 36.9 Å². The standard InChI is InChI=1S/C18H33N3O/c1-6-7-8-9-10-12-21(5)17(19-4)20-15-14-11-13-22-16(14)18(15,2)3/h6,14-16H,1,7-13H2,2-5H3,(H,19,20). The molecule has 1 aliphatic carbocycles. The van der Waals surface area contributed by atoms with E-state index in [1.807, 2.05) is 13.1 Å². The van der Waals surface area contributed by atoms with Crippen LogP contribution in [0.25, 0.3) is 0 Å². The van der Waals surface area contributed by atoms with Gasteiger partial charge in [0.1, 0.15) is 0 Å². The predicted molar refractivity (Wildman–Crippen MR) is 93.2 cm³/mol. The fourth-order valence-electron chi connectivity index (χ4n) is 4.02. The van der Waals surface area contributed by atoms with Crippen LogP contribution in [0.2, 0.25) is 0 Å². The van der Waals surface area contributed by atoms with Gasteiger partial charge in [-0.05, 0) is 25.7 Å². The second kappa shape index (κ2) is 7.49. The normalized spacial score (nSPS) is 29.6. The maximum Gasteiger partial charge on any atom is 0.193 e. The lowest BCUT2D eigenvalue weighted by molar-refractivity contribution is -0.107. The number of ether oxygens (including phenoxy) is 1. The Morgan fingerprint density at radius 1 is 1.41 bits per heavy atom. The van der Waals surface area contributed by atoms with Gasteiger partial charge in [-0.2, -0.15) is 0 Å². The van der Waals surface area contributed by atoms with Crippen LogP contribution in [0.5, 0.6) is 0 Å². The van der Waals surface area contributed by atoms with E-state index in [2.05, 4.69) is 42.7 Å². The quantitative estimate of drug-likeness (QED) is 0.340. The smallest absolute Gasteiger partial charge is 0.193 e. The molecule has 0 amide bonds. The van der Waals surface area contributed by atoms with Gasteiger partial charge in [0.25, 0.3) is 0 Å². The Labute approximate surface area is 136 Å². The van der Waals surface area contributed by atoms with Crippen LogP contribution in [0.4, 0.5) is 0 Å². The van der Waals surface area contributed by atoms with Gasteiger partial charge < -0.3 is 15.0 Å². The Hall–Kier alpha value is -1.03. The minimum Gasteiger partial charge on any atom is -0.377 e. The minimum absolute atomic E-state index is 0.196. The van der Waals surface area contributed by atoms with Crippen molar-refractivity contribution in [2.45, 2.75) is 58.1 Å². The zero-order valence-corrected chi connectivity index (χ0v) is 14.8. The van der Waals surface area contributed by atoms with Gasteiger partial charge in [-0.25, -0.2) is 0 Å². The number of unbranched alkanes of at least 4 members (excludes halogenated alkanes) is 3. The molecule has 1 saturated carbocycles. The van der Waals surface area contributed by atoms with Gasteiger partial charge in [-0.1, -0.05) is 26.3 Å². The molecule has 1 saturated heterocycles. The zero-order chi connectivity index (χ0) is 16.2. The average Bonchev–Trinajstić information content (AvgIpc) is 2.94. The number of aliphatic imine (C=N–C) groups is 1. The summed E-state index contributed by atoms with van der Waals surface area (Å²) >= 11 is 0. The van der Waals surface area contributed by atoms with Gasteiger partial charge in [-0.3, -0.25) is 4.99 Å². The van der Waals surface area contributed by atoms with E-state index < -0.39 is 0 Å². The fraction of sp³-hybridized carbons (Fsp3) is 0.833. The van der Waals surface area contributed by atoms with Crippen LogP contribution < -0.4 is 5.32 Å². The van der Waals surface area contributed by atoms with Gasteiger partial charge >= 0.3 is 0 Å². The SMILES string of the molecule is C=CCCCCCN(C)C(=NC)NC1C2CCOC2C1(C)C. The third-order valence-corrected chi connectivity index (χ3v) is 5.36. The summed E-state index contributed by atoms with van der Waals surface area (Å²) in [5, 5.41) is 3.70. The summed E-state index contributed by atoms with van der Waals surface area (Å²) in [6.45, 7) is 10.3. The molecule has 1 aliphatic heterocycles. The molecule has 0 bridgehead atoms. The molecule has 3 atom stereocenters. The highest BCUT2D eigenvalue weighted by Crippen LogP contribution is 2.52. The first-order valence-electron chi connectivity index (χ1n) is 8.69. The Morgan fingerprint density at radius 3 is 2.86 bits per heavy atom. The first-order chi connectivity index (χ1) is 10.5. The first-order valence-corrected chi connectivity index (χ1v) is 8.69. The first kappa shape index (κ1) is 17.3. The van der Waals surface area contributed by atoms with E-state index in [9.17, 15) is 0 Å². The van der Waals surface area contributed by atoms with Crippen molar-refractivity contribution < 1.29 is 4.74 Å². The van der Waals surface area contributed by atoms with Crippen LogP contribution in [0.1, 0.15) is 46.0 Å². The summed E-state index contributed by atoms with van der Waals surface area (Å²) in [7, 11) is 4.02. The number of fused-ring (bicyclic) bond motifs is 1. The Kier molecular flexibility index (Phi) is 5.90. The highest BCUT2D eigenvalue weighted by molar-refractivity contribution is 5.80. The van der Waals surface area contributed by atoms with Crippen molar-refractivity contribution in [1.29, 1.82) is 0 Å². The number of nitrogens with zero attached hydrogens (tertiary/aromatic N) is 2. The van der Waals surface area contributed by atoms with E-state index in [1.54, 1.807) is 0 Å². The lowest BCUT2D eigenvalue weighted by Gasteiger charge is -2.55. The zero-order valence-electron chi connectivity index (χ0n) is 14.8. The van der Waals surface area contributed by atoms with Gasteiger partial charge in [-0.15, -0.1) is 6.58 Å². The molecule has 0 aromatic carbocycles. The van der Waals surface area contributed by atoms with Crippen LogP contribution in [0.3, 0.4) is 0 Å². The Balaban J connectivity index is 1.80. The molecule has 0 aromatic rings. The van der Waals surface area contributed by atoms with Crippen molar-refractivity contribution in [2.24, 2.45) is 16.3 Å². The van der Waals surface area contributed by atoms with Crippen molar-refractivity contribution in [3.8, 4) is 0 Å². The molecule has 1 N–H and O–H groups in total. The van der Waals surface area contributed by atoms with Gasteiger partial charge in [0, 0.05) is 44.6 Å². The van der Waals surface area contributed by atoms with Crippen LogP contribution in [-0.2, 0) is 4.74 Å². The largest absolute Gasteiger partial charge is 0.377 e. The number of rotatable bonds is 7. The van der Waals surface area contributed by atoms with Crippen LogP contribution >= 0.6 is 0 Å². The Morgan fingerprint density at radius 2 is 2.18 bits per heavy atom. The molecule has 4 nitrogen and oxygen atoms in total. The summed E-state index contributed by atoms with van der Waals surface area (Å²) in [6.07, 6.45) is 8.41. The average molecular weight is 307 g/mol. The summed E-state index contributed by atoms with van der Waals surface area (Å²) < 4.78 is 5.87. The summed E-state index contributed by atoms with van der Waals surface area (Å²) in [4.78, 5) is 6.74. The van der Waals surface area contributed by atoms with E-state index in [0.29, 0.717) is 18.1 Å². The predicted octanol–water partition coefficient (Wildman–Crippen LogP) is 3.05. The third-order valence-electron chi connectivity index (χ3n) is 5.36. The van der Waals surface area contributed by atoms with E-state index in [4.69, 9.17) is 4.74 Å². The fourth-order valence-corrected chi connectivity index (χ4v) is 4.02. The lowest BCUT2D eigenvalue weighted by Crippen LogP contribution is -2.68. The molecule has 1 heterocycles. The van der Waals surface area contributed by atoms with E-state index in [0.717, 1.165) is 25.5 Å².